The van der Waals surface area contributed by atoms with Crippen LogP contribution in [0.5, 0.6) is 0 Å². The summed E-state index contributed by atoms with van der Waals surface area (Å²) in [7, 11) is 0. The van der Waals surface area contributed by atoms with E-state index in [4.69, 9.17) is 4.74 Å². The van der Waals surface area contributed by atoms with Crippen LogP contribution in [0.2, 0.25) is 0 Å². The van der Waals surface area contributed by atoms with Gasteiger partial charge in [0.2, 0.25) is 5.91 Å². The highest BCUT2D eigenvalue weighted by atomic mass is 16.5. The third kappa shape index (κ3) is 3.83. The van der Waals surface area contributed by atoms with Crippen LogP contribution >= 0.6 is 0 Å². The smallest absolute Gasteiger partial charge is 0.407 e. The molecule has 2 aliphatic carbocycles. The number of nitrogens with zero attached hydrogens (tertiary/aromatic N) is 1. The van der Waals surface area contributed by atoms with Gasteiger partial charge in [-0.25, -0.2) is 9.59 Å². The van der Waals surface area contributed by atoms with Gasteiger partial charge in [0.1, 0.15) is 12.1 Å². The van der Waals surface area contributed by atoms with E-state index in [1.54, 1.807) is 4.90 Å². The number of hydrogen-bond acceptors (Lipinski definition) is 4. The molecular weight excluding hydrogens is 432 g/mol. The zero-order chi connectivity index (χ0) is 23.9. The number of carboxylic acid groups (broad SMARTS) is 1. The number of fused-ring (bicyclic) bond motifs is 4. The first-order valence-electron chi connectivity index (χ1n) is 12.0. The summed E-state index contributed by atoms with van der Waals surface area (Å²) in [5.74, 6) is -0.649. The van der Waals surface area contributed by atoms with E-state index in [1.807, 2.05) is 31.2 Å². The number of carbonyl (C=O) groups excluding carboxylic acids is 2. The molecule has 2 aromatic rings. The van der Waals surface area contributed by atoms with Crippen molar-refractivity contribution in [2.45, 2.75) is 56.5 Å². The summed E-state index contributed by atoms with van der Waals surface area (Å²) in [6.45, 7) is 2.70. The molecule has 1 saturated carbocycles. The molecule has 2 heterocycles. The van der Waals surface area contributed by atoms with Gasteiger partial charge in [-0.1, -0.05) is 48.5 Å². The molecule has 2 aromatic carbocycles. The molecule has 1 atom stereocenters. The van der Waals surface area contributed by atoms with Crippen molar-refractivity contribution >= 4 is 18.0 Å². The number of nitrogens with one attached hydrogen (secondary N) is 1. The van der Waals surface area contributed by atoms with Gasteiger partial charge in [0.15, 0.2) is 0 Å². The number of benzene rings is 2. The van der Waals surface area contributed by atoms with Crippen molar-refractivity contribution in [2.24, 2.45) is 5.92 Å². The monoisotopic (exact) mass is 462 g/mol. The van der Waals surface area contributed by atoms with Gasteiger partial charge >= 0.3 is 12.1 Å². The molecule has 34 heavy (non-hydrogen) atoms. The number of carbonyl (C=O) groups is 3. The summed E-state index contributed by atoms with van der Waals surface area (Å²) < 4.78 is 5.59. The molecule has 2 N–H and O–H groups in total. The molecule has 4 aliphatic rings. The third-order valence-corrected chi connectivity index (χ3v) is 7.65. The van der Waals surface area contributed by atoms with Gasteiger partial charge in [0, 0.05) is 24.9 Å². The number of carboxylic acids is 1. The van der Waals surface area contributed by atoms with E-state index in [0.717, 1.165) is 0 Å². The highest BCUT2D eigenvalue weighted by Gasteiger charge is 2.62. The van der Waals surface area contributed by atoms with Gasteiger partial charge in [-0.15, -0.1) is 0 Å². The molecule has 6 rings (SSSR count). The molecule has 2 bridgehead atoms. The van der Waals surface area contributed by atoms with Crippen molar-refractivity contribution in [3.8, 4) is 11.1 Å². The Labute approximate surface area is 199 Å². The molecule has 3 fully saturated rings. The topological polar surface area (TPSA) is 95.9 Å². The number of ether oxygens (including phenoxy) is 1. The fourth-order valence-electron chi connectivity index (χ4n) is 5.92. The van der Waals surface area contributed by atoms with Crippen LogP contribution in [0.1, 0.15) is 56.1 Å². The molecule has 2 saturated heterocycles. The molecule has 0 radical (unpaired) electrons. The van der Waals surface area contributed by atoms with Crippen LogP contribution in [0.25, 0.3) is 11.1 Å². The van der Waals surface area contributed by atoms with Crippen molar-refractivity contribution in [1.82, 2.24) is 10.2 Å². The first-order chi connectivity index (χ1) is 16.4. The summed E-state index contributed by atoms with van der Waals surface area (Å²) in [6.07, 6.45) is 2.18. The van der Waals surface area contributed by atoms with E-state index in [-0.39, 0.29) is 24.5 Å². The van der Waals surface area contributed by atoms with Crippen molar-refractivity contribution in [2.75, 3.05) is 13.2 Å². The van der Waals surface area contributed by atoms with Gasteiger partial charge in [-0.05, 0) is 60.8 Å². The molecule has 1 unspecified atom stereocenters. The lowest BCUT2D eigenvalue weighted by Crippen LogP contribution is -2.54. The molecule has 2 aliphatic heterocycles. The minimum atomic E-state index is -0.965. The van der Waals surface area contributed by atoms with Gasteiger partial charge < -0.3 is 20.1 Å². The lowest BCUT2D eigenvalue weighted by molar-refractivity contribution is -0.158. The molecule has 0 spiro atoms. The molecule has 7 heteroatoms. The van der Waals surface area contributed by atoms with Crippen molar-refractivity contribution < 1.29 is 24.2 Å². The van der Waals surface area contributed by atoms with Gasteiger partial charge in [0.25, 0.3) is 0 Å². The van der Waals surface area contributed by atoms with Crippen molar-refractivity contribution in [3.05, 3.63) is 59.7 Å². The highest BCUT2D eigenvalue weighted by molar-refractivity contribution is 5.89. The van der Waals surface area contributed by atoms with Crippen LogP contribution in [0.3, 0.4) is 0 Å². The predicted molar refractivity (Wildman–Crippen MR) is 126 cm³/mol. The second kappa shape index (κ2) is 8.78. The van der Waals surface area contributed by atoms with Crippen LogP contribution in [-0.4, -0.2) is 52.7 Å². The van der Waals surface area contributed by atoms with Gasteiger partial charge in [-0.2, -0.15) is 0 Å². The Balaban J connectivity index is 1.08. The second-order valence-corrected chi connectivity index (χ2v) is 9.88. The van der Waals surface area contributed by atoms with Crippen LogP contribution in [0, 0.1) is 5.92 Å². The molecule has 7 nitrogen and oxygen atoms in total. The minimum Gasteiger partial charge on any atom is -0.479 e. The van der Waals surface area contributed by atoms with Crippen LogP contribution in [0.15, 0.2) is 48.5 Å². The Bertz CT molecular complexity index is 1080. The first kappa shape index (κ1) is 22.4. The zero-order valence-corrected chi connectivity index (χ0v) is 19.3. The van der Waals surface area contributed by atoms with Gasteiger partial charge in [0.05, 0.1) is 0 Å². The lowest BCUT2D eigenvalue weighted by Gasteiger charge is -2.37. The Hall–Kier alpha value is -3.35. The van der Waals surface area contributed by atoms with Crippen molar-refractivity contribution in [1.29, 1.82) is 0 Å². The average molecular weight is 463 g/mol. The Morgan fingerprint density at radius 1 is 1.09 bits per heavy atom. The summed E-state index contributed by atoms with van der Waals surface area (Å²) in [5, 5.41) is 12.4. The van der Waals surface area contributed by atoms with E-state index >= 15 is 0 Å². The summed E-state index contributed by atoms with van der Waals surface area (Å²) in [6, 6.07) is 16.3. The van der Waals surface area contributed by atoms with E-state index < -0.39 is 17.6 Å². The Morgan fingerprint density at radius 2 is 1.71 bits per heavy atom. The minimum absolute atomic E-state index is 0.0133. The maximum Gasteiger partial charge on any atom is 0.407 e. The van der Waals surface area contributed by atoms with Crippen LogP contribution in [-0.2, 0) is 14.3 Å². The molecule has 178 valence electrons. The standard InChI is InChI=1S/C27H30N2O5/c1-17(7-6-12-24(30)29-15-18-13-27(29,14-18)25(31)32)28-26(33)34-16-23-21-10-4-2-8-19(21)20-9-3-5-11-22(20)23/h2-5,8-11,17-18,23H,6-7,12-16H2,1H3,(H,28,33)(H,31,32). The fraction of sp³-hybridized carbons (Fsp3) is 0.444. The van der Waals surface area contributed by atoms with Crippen LogP contribution in [0.4, 0.5) is 4.79 Å². The Kier molecular flexibility index (Phi) is 5.80. The average Bonchev–Trinajstić information content (AvgIpc) is 3.46. The van der Waals surface area contributed by atoms with E-state index in [1.165, 1.54) is 22.3 Å². The number of alkyl carbamates (subject to hydrolysis) is 1. The first-order valence-corrected chi connectivity index (χ1v) is 12.0. The zero-order valence-electron chi connectivity index (χ0n) is 19.3. The molecule has 2 amide bonds. The summed E-state index contributed by atoms with van der Waals surface area (Å²) in [4.78, 5) is 38.2. The number of hydrogen-bond donors (Lipinski definition) is 2. The second-order valence-electron chi connectivity index (χ2n) is 9.88. The fourth-order valence-corrected chi connectivity index (χ4v) is 5.92. The SMILES string of the molecule is CC(CCCC(=O)N1CC2CC1(C(=O)O)C2)NC(=O)OCC1c2ccccc2-c2ccccc21. The number of aliphatic carboxylic acids is 1. The predicted octanol–water partition coefficient (Wildman–Crippen LogP) is 4.16. The number of amides is 2. The maximum absolute atomic E-state index is 12.6. The quantitative estimate of drug-likeness (QED) is 0.614. The van der Waals surface area contributed by atoms with Gasteiger partial charge in [-0.3, -0.25) is 4.79 Å². The Morgan fingerprint density at radius 3 is 2.32 bits per heavy atom. The van der Waals surface area contributed by atoms with E-state index in [9.17, 15) is 19.5 Å². The van der Waals surface area contributed by atoms with Crippen molar-refractivity contribution in [3.63, 3.8) is 0 Å². The largest absolute Gasteiger partial charge is 0.479 e. The number of rotatable bonds is 8. The highest BCUT2D eigenvalue weighted by Crippen LogP contribution is 2.51. The molecule has 0 aromatic heterocycles. The lowest BCUT2D eigenvalue weighted by atomic mass is 9.73. The molecular formula is C27H30N2O5. The third-order valence-electron chi connectivity index (χ3n) is 7.65. The maximum atomic E-state index is 12.6. The van der Waals surface area contributed by atoms with E-state index in [2.05, 4.69) is 29.6 Å². The van der Waals surface area contributed by atoms with Crippen LogP contribution < -0.4 is 5.32 Å². The van der Waals surface area contributed by atoms with E-state index in [0.29, 0.717) is 44.6 Å². The summed E-state index contributed by atoms with van der Waals surface area (Å²) in [5.41, 5.74) is 3.74. The summed E-state index contributed by atoms with van der Waals surface area (Å²) >= 11 is 0. The normalized spacial score (nSPS) is 23.0.